The minimum Gasteiger partial charge on any atom is -0.339 e. The molecule has 2 heterocycles. The Kier molecular flexibility index (Phi) is 3.47. The smallest absolute Gasteiger partial charge is 0.232 e. The van der Waals surface area contributed by atoms with Gasteiger partial charge in [-0.1, -0.05) is 18.2 Å². The third-order valence-corrected chi connectivity index (χ3v) is 4.58. The second kappa shape index (κ2) is 5.17. The summed E-state index contributed by atoms with van der Waals surface area (Å²) < 4.78 is 0. The van der Waals surface area contributed by atoms with E-state index in [2.05, 4.69) is 13.0 Å². The molecule has 0 unspecified atom stereocenters. The molecule has 0 aliphatic carbocycles. The quantitative estimate of drug-likeness (QED) is 0.836. The Morgan fingerprint density at radius 3 is 2.62 bits per heavy atom. The molecule has 2 aliphatic rings. The summed E-state index contributed by atoms with van der Waals surface area (Å²) in [4.78, 5) is 28.6. The molecular formula is C17H22N2O2. The summed E-state index contributed by atoms with van der Waals surface area (Å²) in [5, 5.41) is 0. The van der Waals surface area contributed by atoms with Crippen molar-refractivity contribution in [3.63, 3.8) is 0 Å². The third kappa shape index (κ3) is 2.33. The highest BCUT2D eigenvalue weighted by Gasteiger charge is 2.41. The fourth-order valence-electron chi connectivity index (χ4n) is 3.49. The van der Waals surface area contributed by atoms with Crippen LogP contribution in [0.3, 0.4) is 0 Å². The van der Waals surface area contributed by atoms with Crippen LogP contribution in [0.4, 0.5) is 5.69 Å². The molecule has 3 rings (SSSR count). The van der Waals surface area contributed by atoms with Crippen LogP contribution >= 0.6 is 0 Å². The highest BCUT2D eigenvalue weighted by atomic mass is 16.2. The number of carbonyl (C=O) groups is 2. The predicted octanol–water partition coefficient (Wildman–Crippen LogP) is 2.22. The molecule has 0 spiro atoms. The van der Waals surface area contributed by atoms with Gasteiger partial charge in [0, 0.05) is 30.7 Å². The molecular weight excluding hydrogens is 264 g/mol. The number of anilines is 1. The standard InChI is InChI=1S/C17H22N2O2/c1-11(2)18-10-14(9-16(18)20)17(21)19-12(3)8-13-6-4-5-7-15(13)19/h4-7,11-12,14H,8-10H2,1-3H3/t12-,14-/m0/s1. The zero-order valence-electron chi connectivity index (χ0n) is 12.9. The maximum absolute atomic E-state index is 12.9. The average Bonchev–Trinajstić information content (AvgIpc) is 2.97. The number of carbonyl (C=O) groups excluding carboxylic acids is 2. The molecule has 112 valence electrons. The third-order valence-electron chi connectivity index (χ3n) is 4.58. The van der Waals surface area contributed by atoms with Crippen molar-refractivity contribution >= 4 is 17.5 Å². The lowest BCUT2D eigenvalue weighted by atomic mass is 10.1. The molecule has 1 saturated heterocycles. The van der Waals surface area contributed by atoms with Crippen molar-refractivity contribution in [1.29, 1.82) is 0 Å². The highest BCUT2D eigenvalue weighted by molar-refractivity contribution is 6.01. The number of nitrogens with zero attached hydrogens (tertiary/aromatic N) is 2. The first-order chi connectivity index (χ1) is 9.99. The Hall–Kier alpha value is -1.84. The summed E-state index contributed by atoms with van der Waals surface area (Å²) in [5.41, 5.74) is 2.24. The lowest BCUT2D eigenvalue weighted by Gasteiger charge is -2.26. The number of para-hydroxylation sites is 1. The van der Waals surface area contributed by atoms with Gasteiger partial charge in [0.25, 0.3) is 0 Å². The fraction of sp³-hybridized carbons (Fsp3) is 0.529. The summed E-state index contributed by atoms with van der Waals surface area (Å²) in [5.74, 6) is 0.000872. The van der Waals surface area contributed by atoms with Crippen LogP contribution in [0.2, 0.25) is 0 Å². The topological polar surface area (TPSA) is 40.6 Å². The van der Waals surface area contributed by atoms with Crippen molar-refractivity contribution in [2.75, 3.05) is 11.4 Å². The van der Waals surface area contributed by atoms with Crippen molar-refractivity contribution in [2.45, 2.75) is 45.7 Å². The molecule has 0 radical (unpaired) electrons. The number of rotatable bonds is 2. The molecule has 1 aromatic carbocycles. The molecule has 2 amide bonds. The zero-order chi connectivity index (χ0) is 15.1. The molecule has 0 saturated carbocycles. The second-order valence-corrected chi connectivity index (χ2v) is 6.43. The number of benzene rings is 1. The Morgan fingerprint density at radius 2 is 1.95 bits per heavy atom. The van der Waals surface area contributed by atoms with E-state index in [4.69, 9.17) is 0 Å². The van der Waals surface area contributed by atoms with Gasteiger partial charge in [0.2, 0.25) is 11.8 Å². The predicted molar refractivity (Wildman–Crippen MR) is 82.1 cm³/mol. The molecule has 4 nitrogen and oxygen atoms in total. The van der Waals surface area contributed by atoms with Gasteiger partial charge in [-0.05, 0) is 38.8 Å². The van der Waals surface area contributed by atoms with Crippen molar-refractivity contribution in [3.05, 3.63) is 29.8 Å². The van der Waals surface area contributed by atoms with E-state index >= 15 is 0 Å². The van der Waals surface area contributed by atoms with Crippen molar-refractivity contribution in [2.24, 2.45) is 5.92 Å². The number of fused-ring (bicyclic) bond motifs is 1. The minimum absolute atomic E-state index is 0.100. The molecule has 4 heteroatoms. The Morgan fingerprint density at radius 1 is 1.24 bits per heavy atom. The van der Waals surface area contributed by atoms with E-state index in [1.165, 1.54) is 5.56 Å². The molecule has 1 aromatic rings. The number of hydrogen-bond acceptors (Lipinski definition) is 2. The maximum Gasteiger partial charge on any atom is 0.232 e. The van der Waals surface area contributed by atoms with E-state index in [0.29, 0.717) is 13.0 Å². The van der Waals surface area contributed by atoms with E-state index in [0.717, 1.165) is 12.1 Å². The van der Waals surface area contributed by atoms with Gasteiger partial charge in [-0.15, -0.1) is 0 Å². The number of likely N-dealkylation sites (tertiary alicyclic amines) is 1. The van der Waals surface area contributed by atoms with Crippen molar-refractivity contribution in [1.82, 2.24) is 4.90 Å². The second-order valence-electron chi connectivity index (χ2n) is 6.43. The van der Waals surface area contributed by atoms with Crippen LogP contribution in [0.15, 0.2) is 24.3 Å². The Balaban J connectivity index is 1.82. The molecule has 2 aliphatic heterocycles. The first-order valence-corrected chi connectivity index (χ1v) is 7.69. The maximum atomic E-state index is 12.9. The zero-order valence-corrected chi connectivity index (χ0v) is 12.9. The highest BCUT2D eigenvalue weighted by Crippen LogP contribution is 2.34. The van der Waals surface area contributed by atoms with Crippen LogP contribution in [0.5, 0.6) is 0 Å². The van der Waals surface area contributed by atoms with Crippen LogP contribution in [0, 0.1) is 5.92 Å². The Bertz CT molecular complexity index is 582. The minimum atomic E-state index is -0.200. The van der Waals surface area contributed by atoms with Crippen LogP contribution in [-0.4, -0.2) is 35.3 Å². The summed E-state index contributed by atoms with van der Waals surface area (Å²) in [6, 6.07) is 8.42. The number of amides is 2. The molecule has 1 fully saturated rings. The molecule has 0 bridgehead atoms. The summed E-state index contributed by atoms with van der Waals surface area (Å²) >= 11 is 0. The lowest BCUT2D eigenvalue weighted by Crippen LogP contribution is -2.41. The van der Waals surface area contributed by atoms with Gasteiger partial charge in [-0.3, -0.25) is 9.59 Å². The van der Waals surface area contributed by atoms with Gasteiger partial charge in [0.15, 0.2) is 0 Å². The lowest BCUT2D eigenvalue weighted by molar-refractivity contribution is -0.129. The van der Waals surface area contributed by atoms with Gasteiger partial charge in [-0.2, -0.15) is 0 Å². The summed E-state index contributed by atoms with van der Waals surface area (Å²) in [7, 11) is 0. The molecule has 21 heavy (non-hydrogen) atoms. The van der Waals surface area contributed by atoms with Gasteiger partial charge in [0.1, 0.15) is 0 Å². The summed E-state index contributed by atoms with van der Waals surface area (Å²) in [6.07, 6.45) is 1.25. The number of hydrogen-bond donors (Lipinski definition) is 0. The molecule has 0 aromatic heterocycles. The van der Waals surface area contributed by atoms with Crippen LogP contribution in [0.25, 0.3) is 0 Å². The molecule has 0 N–H and O–H groups in total. The van der Waals surface area contributed by atoms with E-state index < -0.39 is 0 Å². The average molecular weight is 286 g/mol. The van der Waals surface area contributed by atoms with Crippen molar-refractivity contribution < 1.29 is 9.59 Å². The van der Waals surface area contributed by atoms with Crippen LogP contribution in [-0.2, 0) is 16.0 Å². The van der Waals surface area contributed by atoms with Gasteiger partial charge < -0.3 is 9.80 Å². The monoisotopic (exact) mass is 286 g/mol. The van der Waals surface area contributed by atoms with E-state index in [-0.39, 0.29) is 29.8 Å². The first-order valence-electron chi connectivity index (χ1n) is 7.69. The van der Waals surface area contributed by atoms with E-state index in [1.807, 2.05) is 41.8 Å². The summed E-state index contributed by atoms with van der Waals surface area (Å²) in [6.45, 7) is 6.63. The van der Waals surface area contributed by atoms with Crippen molar-refractivity contribution in [3.8, 4) is 0 Å². The SMILES string of the molecule is CC(C)N1C[C@@H](C(=O)N2c3ccccc3C[C@@H]2C)CC1=O. The normalized spacial score (nSPS) is 24.9. The van der Waals surface area contributed by atoms with Gasteiger partial charge in [-0.25, -0.2) is 0 Å². The molecule has 2 atom stereocenters. The van der Waals surface area contributed by atoms with Crippen LogP contribution in [0.1, 0.15) is 32.8 Å². The largest absolute Gasteiger partial charge is 0.339 e. The first kappa shape index (κ1) is 14.1. The van der Waals surface area contributed by atoms with E-state index in [1.54, 1.807) is 0 Å². The Labute approximate surface area is 125 Å². The fourth-order valence-corrected chi connectivity index (χ4v) is 3.49. The van der Waals surface area contributed by atoms with Gasteiger partial charge in [0.05, 0.1) is 5.92 Å². The van der Waals surface area contributed by atoms with E-state index in [9.17, 15) is 9.59 Å². The van der Waals surface area contributed by atoms with Crippen LogP contribution < -0.4 is 4.90 Å². The van der Waals surface area contributed by atoms with Gasteiger partial charge >= 0.3 is 0 Å².